The average Bonchev–Trinajstić information content (AvgIpc) is 2.96. The molecule has 1 aliphatic heterocycles. The molecule has 1 aromatic heterocycles. The van der Waals surface area contributed by atoms with E-state index in [1.54, 1.807) is 13.0 Å². The molecule has 0 aliphatic carbocycles. The topological polar surface area (TPSA) is 85.6 Å². The van der Waals surface area contributed by atoms with Crippen LogP contribution in [-0.4, -0.2) is 34.1 Å². The van der Waals surface area contributed by atoms with E-state index in [0.29, 0.717) is 15.6 Å². The number of esters is 1. The van der Waals surface area contributed by atoms with Gasteiger partial charge >= 0.3 is 11.9 Å². The molecule has 1 N–H and O–H groups in total. The summed E-state index contributed by atoms with van der Waals surface area (Å²) in [7, 11) is 0. The zero-order valence-corrected chi connectivity index (χ0v) is 14.2. The summed E-state index contributed by atoms with van der Waals surface area (Å²) in [4.78, 5) is 35.9. The van der Waals surface area contributed by atoms with E-state index in [1.165, 1.54) is 16.7 Å². The predicted octanol–water partition coefficient (Wildman–Crippen LogP) is 2.93. The minimum absolute atomic E-state index is 0.164. The van der Waals surface area contributed by atoms with Crippen LogP contribution >= 0.6 is 15.9 Å². The fraction of sp³-hybridized carbons (Fsp3) is 0.312. The van der Waals surface area contributed by atoms with Crippen molar-refractivity contribution in [3.63, 3.8) is 0 Å². The van der Waals surface area contributed by atoms with Crippen molar-refractivity contribution in [2.75, 3.05) is 6.61 Å². The summed E-state index contributed by atoms with van der Waals surface area (Å²) in [5, 5.41) is 9.98. The maximum atomic E-state index is 13.7. The molecule has 0 bridgehead atoms. The number of aliphatic carboxylic acids is 1. The second-order valence-corrected chi connectivity index (χ2v) is 6.35. The molecule has 2 heterocycles. The summed E-state index contributed by atoms with van der Waals surface area (Å²) in [5.41, 5.74) is 0.654. The van der Waals surface area contributed by atoms with Gasteiger partial charge in [0.25, 0.3) is 0 Å². The molecule has 2 unspecified atom stereocenters. The van der Waals surface area contributed by atoms with Gasteiger partial charge in [0, 0.05) is 21.5 Å². The van der Waals surface area contributed by atoms with Gasteiger partial charge in [-0.3, -0.25) is 19.0 Å². The molecule has 1 aromatic carbocycles. The van der Waals surface area contributed by atoms with Gasteiger partial charge in [-0.05, 0) is 41.1 Å². The number of rotatable bonds is 4. The normalized spacial score (nSPS) is 19.5. The van der Waals surface area contributed by atoms with Crippen LogP contribution in [0.3, 0.4) is 0 Å². The Morgan fingerprint density at radius 3 is 2.71 bits per heavy atom. The quantitative estimate of drug-likeness (QED) is 0.633. The highest BCUT2D eigenvalue weighted by atomic mass is 79.9. The first kappa shape index (κ1) is 16.6. The van der Waals surface area contributed by atoms with Crippen LogP contribution in [0.15, 0.2) is 22.7 Å². The predicted molar refractivity (Wildman–Crippen MR) is 85.3 cm³/mol. The molecule has 0 saturated carbocycles. The number of benzene rings is 1. The lowest BCUT2D eigenvalue weighted by Crippen LogP contribution is -2.27. The zero-order chi connectivity index (χ0) is 17.6. The Morgan fingerprint density at radius 1 is 1.38 bits per heavy atom. The fourth-order valence-electron chi connectivity index (χ4n) is 3.15. The highest BCUT2D eigenvalue weighted by Crippen LogP contribution is 2.42. The Hall–Kier alpha value is -2.22. The minimum Gasteiger partial charge on any atom is -0.481 e. The van der Waals surface area contributed by atoms with Gasteiger partial charge < -0.3 is 9.84 Å². The summed E-state index contributed by atoms with van der Waals surface area (Å²) in [6.45, 7) is 1.81. The Labute approximate surface area is 144 Å². The number of ether oxygens (including phenoxy) is 1. The number of hydrogen-bond donors (Lipinski definition) is 1. The van der Waals surface area contributed by atoms with Crippen molar-refractivity contribution in [1.82, 2.24) is 4.57 Å². The van der Waals surface area contributed by atoms with Crippen LogP contribution in [0.25, 0.3) is 10.9 Å². The van der Waals surface area contributed by atoms with Gasteiger partial charge in [0.2, 0.25) is 5.91 Å². The van der Waals surface area contributed by atoms with Crippen molar-refractivity contribution in [3.05, 3.63) is 34.2 Å². The number of fused-ring (bicyclic) bond motifs is 3. The third-order valence-corrected chi connectivity index (χ3v) is 4.75. The van der Waals surface area contributed by atoms with Gasteiger partial charge in [-0.1, -0.05) is 0 Å². The molecule has 24 heavy (non-hydrogen) atoms. The van der Waals surface area contributed by atoms with E-state index in [2.05, 4.69) is 15.9 Å². The largest absolute Gasteiger partial charge is 0.481 e. The van der Waals surface area contributed by atoms with Crippen LogP contribution in [0.5, 0.6) is 0 Å². The van der Waals surface area contributed by atoms with Crippen molar-refractivity contribution in [2.24, 2.45) is 5.92 Å². The Bertz CT molecular complexity index is 875. The summed E-state index contributed by atoms with van der Waals surface area (Å²) in [5.74, 6) is -5.37. The Balaban J connectivity index is 2.16. The first-order chi connectivity index (χ1) is 11.3. The molecule has 6 nitrogen and oxygen atoms in total. The van der Waals surface area contributed by atoms with Gasteiger partial charge in [0.1, 0.15) is 11.7 Å². The molecule has 0 radical (unpaired) electrons. The van der Waals surface area contributed by atoms with Crippen LogP contribution < -0.4 is 0 Å². The van der Waals surface area contributed by atoms with E-state index in [0.717, 1.165) is 0 Å². The van der Waals surface area contributed by atoms with E-state index in [-0.39, 0.29) is 18.5 Å². The molecule has 2 aromatic rings. The number of hydrogen-bond acceptors (Lipinski definition) is 4. The standard InChI is InChI=1S/C16H13BrFNO5/c1-2-24-13(20)6-9-12-5-8-10(17)3-7(18)4-11(8)19(12)15(21)14(9)16(22)23/h3-5,9,14H,2,6H2,1H3,(H,22,23). The highest BCUT2D eigenvalue weighted by molar-refractivity contribution is 9.10. The van der Waals surface area contributed by atoms with Crippen molar-refractivity contribution >= 4 is 44.7 Å². The summed E-state index contributed by atoms with van der Waals surface area (Å²) >= 11 is 3.24. The van der Waals surface area contributed by atoms with E-state index in [9.17, 15) is 23.9 Å². The van der Waals surface area contributed by atoms with Crippen LogP contribution in [0, 0.1) is 11.7 Å². The molecule has 2 atom stereocenters. The Kier molecular flexibility index (Phi) is 4.16. The lowest BCUT2D eigenvalue weighted by atomic mass is 9.89. The van der Waals surface area contributed by atoms with Gasteiger partial charge in [0.15, 0.2) is 0 Å². The van der Waals surface area contributed by atoms with Crippen molar-refractivity contribution in [3.8, 4) is 0 Å². The first-order valence-corrected chi connectivity index (χ1v) is 8.07. The van der Waals surface area contributed by atoms with Crippen LogP contribution in [0.2, 0.25) is 0 Å². The molecule has 3 rings (SSSR count). The zero-order valence-electron chi connectivity index (χ0n) is 12.6. The molecule has 0 spiro atoms. The van der Waals surface area contributed by atoms with Crippen LogP contribution in [0.4, 0.5) is 4.39 Å². The van der Waals surface area contributed by atoms with Crippen LogP contribution in [0.1, 0.15) is 29.8 Å². The average molecular weight is 398 g/mol. The maximum absolute atomic E-state index is 13.7. The highest BCUT2D eigenvalue weighted by Gasteiger charge is 2.46. The number of carbonyl (C=O) groups is 3. The molecule has 126 valence electrons. The maximum Gasteiger partial charge on any atom is 0.316 e. The summed E-state index contributed by atoms with van der Waals surface area (Å²) < 4.78 is 20.2. The lowest BCUT2D eigenvalue weighted by molar-refractivity contribution is -0.145. The number of nitrogens with zero attached hydrogens (tertiary/aromatic N) is 1. The Morgan fingerprint density at radius 2 is 2.08 bits per heavy atom. The summed E-state index contributed by atoms with van der Waals surface area (Å²) in [6, 6.07) is 4.05. The van der Waals surface area contributed by atoms with Gasteiger partial charge in [-0.2, -0.15) is 0 Å². The molecular weight excluding hydrogens is 385 g/mol. The number of carboxylic acid groups (broad SMARTS) is 1. The third-order valence-electron chi connectivity index (χ3n) is 4.09. The third kappa shape index (κ3) is 2.50. The summed E-state index contributed by atoms with van der Waals surface area (Å²) in [6.07, 6.45) is -0.229. The number of aromatic nitrogens is 1. The minimum atomic E-state index is -1.39. The molecule has 8 heteroatoms. The molecule has 1 aliphatic rings. The molecule has 0 saturated heterocycles. The molecule has 0 amide bonds. The number of carbonyl (C=O) groups excluding carboxylic acids is 2. The molecule has 0 fully saturated rings. The van der Waals surface area contributed by atoms with E-state index in [4.69, 9.17) is 4.74 Å². The van der Waals surface area contributed by atoms with Crippen LogP contribution in [-0.2, 0) is 14.3 Å². The number of halogens is 2. The van der Waals surface area contributed by atoms with E-state index >= 15 is 0 Å². The smallest absolute Gasteiger partial charge is 0.316 e. The van der Waals surface area contributed by atoms with Crippen molar-refractivity contribution in [1.29, 1.82) is 0 Å². The molecular formula is C16H13BrFNO5. The SMILES string of the molecule is CCOC(=O)CC1c2cc3c(Br)cc(F)cc3n2C(=O)C1C(=O)O. The van der Waals surface area contributed by atoms with Gasteiger partial charge in [-0.15, -0.1) is 0 Å². The van der Waals surface area contributed by atoms with E-state index < -0.39 is 35.5 Å². The second kappa shape index (κ2) is 6.01. The van der Waals surface area contributed by atoms with Gasteiger partial charge in [-0.25, -0.2) is 4.39 Å². The van der Waals surface area contributed by atoms with E-state index in [1.807, 2.05) is 0 Å². The fourth-order valence-corrected chi connectivity index (χ4v) is 3.69. The van der Waals surface area contributed by atoms with Gasteiger partial charge in [0.05, 0.1) is 18.5 Å². The first-order valence-electron chi connectivity index (χ1n) is 7.28. The monoisotopic (exact) mass is 397 g/mol. The lowest BCUT2D eigenvalue weighted by Gasteiger charge is -2.13. The van der Waals surface area contributed by atoms with Crippen molar-refractivity contribution in [2.45, 2.75) is 19.3 Å². The second-order valence-electron chi connectivity index (χ2n) is 5.49. The van der Waals surface area contributed by atoms with Crippen molar-refractivity contribution < 1.29 is 28.6 Å². The number of carboxylic acids is 1.